The second-order valence-electron chi connectivity index (χ2n) is 4.45. The van der Waals surface area contributed by atoms with Crippen LogP contribution < -0.4 is 14.4 Å². The molecule has 0 aliphatic carbocycles. The number of benzene rings is 1. The van der Waals surface area contributed by atoms with Gasteiger partial charge in [-0.05, 0) is 25.1 Å². The monoisotopic (exact) mass is 314 g/mol. The summed E-state index contributed by atoms with van der Waals surface area (Å²) in [5.41, 5.74) is 0.475. The summed E-state index contributed by atoms with van der Waals surface area (Å²) in [6, 6.07) is 4.47. The van der Waals surface area contributed by atoms with E-state index in [0.29, 0.717) is 18.0 Å². The van der Waals surface area contributed by atoms with Crippen molar-refractivity contribution in [1.29, 1.82) is 0 Å². The summed E-state index contributed by atoms with van der Waals surface area (Å²) >= 11 is 0. The lowest BCUT2D eigenvalue weighted by atomic mass is 10.2. The summed E-state index contributed by atoms with van der Waals surface area (Å²) < 4.78 is 36.9. The van der Waals surface area contributed by atoms with Gasteiger partial charge in [0.05, 0.1) is 17.2 Å². The standard InChI is InChI=1S/C13H18N2O5S/c1-3-15-11-8-10(21(17,18)14-6-7-19-2)4-5-12(11)20-9-13(15)16/h4-5,8,14H,3,6-7,9H2,1-2H3. The van der Waals surface area contributed by atoms with Crippen LogP contribution in [0.4, 0.5) is 5.69 Å². The molecule has 0 atom stereocenters. The lowest BCUT2D eigenvalue weighted by Crippen LogP contribution is -2.38. The maximum atomic E-state index is 12.2. The first-order valence-corrected chi connectivity index (χ1v) is 8.03. The van der Waals surface area contributed by atoms with Crippen molar-refractivity contribution in [2.75, 3.05) is 38.3 Å². The molecule has 1 heterocycles. The first kappa shape index (κ1) is 15.7. The number of rotatable bonds is 6. The van der Waals surface area contributed by atoms with Gasteiger partial charge in [-0.3, -0.25) is 4.79 Å². The third kappa shape index (κ3) is 3.34. The van der Waals surface area contributed by atoms with Crippen LogP contribution in [0, 0.1) is 0 Å². The van der Waals surface area contributed by atoms with E-state index in [1.165, 1.54) is 24.1 Å². The van der Waals surface area contributed by atoms with Gasteiger partial charge in [0.15, 0.2) is 6.61 Å². The van der Waals surface area contributed by atoms with Crippen molar-refractivity contribution in [3.63, 3.8) is 0 Å². The number of sulfonamides is 1. The van der Waals surface area contributed by atoms with E-state index in [2.05, 4.69) is 4.72 Å². The number of likely N-dealkylation sites (N-methyl/N-ethyl adjacent to an activating group) is 1. The molecule has 0 saturated carbocycles. The predicted octanol–water partition coefficient (Wildman–Crippen LogP) is 0.357. The predicted molar refractivity (Wildman–Crippen MR) is 77.0 cm³/mol. The van der Waals surface area contributed by atoms with E-state index in [4.69, 9.17) is 9.47 Å². The van der Waals surface area contributed by atoms with E-state index < -0.39 is 10.0 Å². The second-order valence-corrected chi connectivity index (χ2v) is 6.21. The molecule has 1 aliphatic heterocycles. The van der Waals surface area contributed by atoms with Crippen LogP contribution in [0.25, 0.3) is 0 Å². The van der Waals surface area contributed by atoms with Gasteiger partial charge in [0.25, 0.3) is 5.91 Å². The van der Waals surface area contributed by atoms with Crippen molar-refractivity contribution >= 4 is 21.6 Å². The summed E-state index contributed by atoms with van der Waals surface area (Å²) in [7, 11) is -2.14. The number of carbonyl (C=O) groups excluding carboxylic acids is 1. The fraction of sp³-hybridized carbons (Fsp3) is 0.462. The molecule has 0 spiro atoms. The number of ether oxygens (including phenoxy) is 2. The largest absolute Gasteiger partial charge is 0.482 e. The summed E-state index contributed by atoms with van der Waals surface area (Å²) in [5, 5.41) is 0. The Morgan fingerprint density at radius 3 is 2.86 bits per heavy atom. The number of hydrogen-bond acceptors (Lipinski definition) is 5. The van der Waals surface area contributed by atoms with E-state index in [1.54, 1.807) is 6.07 Å². The normalized spacial score (nSPS) is 14.8. The molecular weight excluding hydrogens is 296 g/mol. The molecule has 0 saturated heterocycles. The van der Waals surface area contributed by atoms with Gasteiger partial charge in [0.2, 0.25) is 10.0 Å². The number of amides is 1. The maximum absolute atomic E-state index is 12.2. The summed E-state index contributed by atoms with van der Waals surface area (Å²) in [6.07, 6.45) is 0. The number of methoxy groups -OCH3 is 1. The molecule has 7 nitrogen and oxygen atoms in total. The number of carbonyl (C=O) groups is 1. The van der Waals surface area contributed by atoms with E-state index in [9.17, 15) is 13.2 Å². The zero-order chi connectivity index (χ0) is 15.5. The molecule has 1 aromatic rings. The van der Waals surface area contributed by atoms with E-state index in [-0.39, 0.29) is 30.6 Å². The van der Waals surface area contributed by atoms with Gasteiger partial charge in [0.1, 0.15) is 5.75 Å². The Morgan fingerprint density at radius 2 is 2.19 bits per heavy atom. The van der Waals surface area contributed by atoms with Crippen LogP contribution in [0.2, 0.25) is 0 Å². The van der Waals surface area contributed by atoms with Crippen LogP contribution in [0.1, 0.15) is 6.92 Å². The molecule has 1 aliphatic rings. The average Bonchev–Trinajstić information content (AvgIpc) is 2.46. The van der Waals surface area contributed by atoms with E-state index in [1.807, 2.05) is 6.92 Å². The van der Waals surface area contributed by atoms with Crippen LogP contribution in [0.5, 0.6) is 5.75 Å². The molecule has 1 amide bonds. The van der Waals surface area contributed by atoms with Crippen molar-refractivity contribution in [3.05, 3.63) is 18.2 Å². The first-order chi connectivity index (χ1) is 9.99. The third-order valence-electron chi connectivity index (χ3n) is 3.10. The third-order valence-corrected chi connectivity index (χ3v) is 4.56. The highest BCUT2D eigenvalue weighted by Gasteiger charge is 2.26. The number of anilines is 1. The Labute approximate surface area is 123 Å². The maximum Gasteiger partial charge on any atom is 0.265 e. The highest BCUT2D eigenvalue weighted by Crippen LogP contribution is 2.33. The van der Waals surface area contributed by atoms with Gasteiger partial charge >= 0.3 is 0 Å². The van der Waals surface area contributed by atoms with Crippen molar-refractivity contribution in [3.8, 4) is 5.75 Å². The highest BCUT2D eigenvalue weighted by molar-refractivity contribution is 7.89. The highest BCUT2D eigenvalue weighted by atomic mass is 32.2. The molecule has 21 heavy (non-hydrogen) atoms. The zero-order valence-electron chi connectivity index (χ0n) is 12.0. The molecule has 116 valence electrons. The SMILES string of the molecule is CCN1C(=O)COc2ccc(S(=O)(=O)NCCOC)cc21. The number of nitrogens with zero attached hydrogens (tertiary/aromatic N) is 1. The molecule has 8 heteroatoms. The molecule has 2 rings (SSSR count). The Morgan fingerprint density at radius 1 is 1.43 bits per heavy atom. The lowest BCUT2D eigenvalue weighted by Gasteiger charge is -2.28. The molecule has 0 bridgehead atoms. The first-order valence-electron chi connectivity index (χ1n) is 6.55. The topological polar surface area (TPSA) is 84.9 Å². The molecule has 1 N–H and O–H groups in total. The van der Waals surface area contributed by atoms with Crippen molar-refractivity contribution < 1.29 is 22.7 Å². The minimum atomic E-state index is -3.64. The average molecular weight is 314 g/mol. The molecule has 0 radical (unpaired) electrons. The van der Waals surface area contributed by atoms with Crippen LogP contribution in [0.15, 0.2) is 23.1 Å². The summed E-state index contributed by atoms with van der Waals surface area (Å²) in [5.74, 6) is 0.319. The fourth-order valence-corrected chi connectivity index (χ4v) is 3.09. The smallest absolute Gasteiger partial charge is 0.265 e. The minimum absolute atomic E-state index is 0.0287. The minimum Gasteiger partial charge on any atom is -0.482 e. The molecule has 0 unspecified atom stereocenters. The zero-order valence-corrected chi connectivity index (χ0v) is 12.8. The molecule has 0 aromatic heterocycles. The van der Waals surface area contributed by atoms with Gasteiger partial charge in [-0.25, -0.2) is 13.1 Å². The van der Waals surface area contributed by atoms with Gasteiger partial charge in [0, 0.05) is 20.2 Å². The Hall–Kier alpha value is -1.64. The van der Waals surface area contributed by atoms with Gasteiger partial charge in [-0.1, -0.05) is 0 Å². The van der Waals surface area contributed by atoms with E-state index in [0.717, 1.165) is 0 Å². The van der Waals surface area contributed by atoms with Gasteiger partial charge in [-0.15, -0.1) is 0 Å². The van der Waals surface area contributed by atoms with Crippen LogP contribution in [-0.4, -0.2) is 47.7 Å². The van der Waals surface area contributed by atoms with E-state index >= 15 is 0 Å². The Bertz CT molecular complexity index is 629. The number of hydrogen-bond donors (Lipinski definition) is 1. The van der Waals surface area contributed by atoms with Crippen LogP contribution >= 0.6 is 0 Å². The van der Waals surface area contributed by atoms with Gasteiger partial charge < -0.3 is 14.4 Å². The van der Waals surface area contributed by atoms with Gasteiger partial charge in [-0.2, -0.15) is 0 Å². The molecule has 0 fully saturated rings. The Balaban J connectivity index is 2.31. The van der Waals surface area contributed by atoms with Crippen molar-refractivity contribution in [2.24, 2.45) is 0 Å². The second kappa shape index (κ2) is 6.42. The molecular formula is C13H18N2O5S. The lowest BCUT2D eigenvalue weighted by molar-refractivity contribution is -0.121. The quantitative estimate of drug-likeness (QED) is 0.766. The van der Waals surface area contributed by atoms with Crippen LogP contribution in [-0.2, 0) is 19.6 Å². The fourth-order valence-electron chi connectivity index (χ4n) is 2.06. The number of nitrogens with one attached hydrogen (secondary N) is 1. The molecule has 1 aromatic carbocycles. The number of fused-ring (bicyclic) bond motifs is 1. The summed E-state index contributed by atoms with van der Waals surface area (Å²) in [6.45, 7) is 2.72. The Kier molecular flexibility index (Phi) is 4.81. The van der Waals surface area contributed by atoms with Crippen LogP contribution in [0.3, 0.4) is 0 Å². The summed E-state index contributed by atoms with van der Waals surface area (Å²) in [4.78, 5) is 13.4. The van der Waals surface area contributed by atoms with Crippen molar-refractivity contribution in [1.82, 2.24) is 4.72 Å². The van der Waals surface area contributed by atoms with Crippen molar-refractivity contribution in [2.45, 2.75) is 11.8 Å².